The van der Waals surface area contributed by atoms with Crippen molar-refractivity contribution in [2.24, 2.45) is 11.7 Å². The fourth-order valence-corrected chi connectivity index (χ4v) is 3.15. The molecule has 0 spiro atoms. The molecule has 0 saturated carbocycles. The first-order valence-corrected chi connectivity index (χ1v) is 9.28. The Kier molecular flexibility index (Phi) is 8.86. The average Bonchev–Trinajstić information content (AvgIpc) is 3.07. The smallest absolute Gasteiger partial charge is 0.327 e. The summed E-state index contributed by atoms with van der Waals surface area (Å²) in [5, 5.41) is 14.1. The molecule has 0 aromatic carbocycles. The van der Waals surface area contributed by atoms with Gasteiger partial charge < -0.3 is 26.4 Å². The molecular formula is C16H28N4O5S. The first-order valence-electron chi connectivity index (χ1n) is 8.65. The van der Waals surface area contributed by atoms with Crippen LogP contribution < -0.4 is 16.4 Å². The summed E-state index contributed by atoms with van der Waals surface area (Å²) >= 11 is 3.92. The number of amides is 3. The van der Waals surface area contributed by atoms with Crippen molar-refractivity contribution in [1.82, 2.24) is 15.5 Å². The van der Waals surface area contributed by atoms with Crippen molar-refractivity contribution in [1.29, 1.82) is 0 Å². The highest BCUT2D eigenvalue weighted by molar-refractivity contribution is 7.80. The zero-order chi connectivity index (χ0) is 19.9. The summed E-state index contributed by atoms with van der Waals surface area (Å²) in [6.45, 7) is 4.00. The number of rotatable bonds is 9. The van der Waals surface area contributed by atoms with Gasteiger partial charge in [0.15, 0.2) is 0 Å². The van der Waals surface area contributed by atoms with Crippen LogP contribution in [0, 0.1) is 5.92 Å². The van der Waals surface area contributed by atoms with Crippen LogP contribution in [0.1, 0.15) is 33.1 Å². The maximum atomic E-state index is 12.9. The molecule has 0 radical (unpaired) electrons. The molecule has 0 aliphatic carbocycles. The van der Waals surface area contributed by atoms with Crippen LogP contribution in [-0.4, -0.2) is 70.7 Å². The molecule has 148 valence electrons. The van der Waals surface area contributed by atoms with Crippen molar-refractivity contribution in [3.63, 3.8) is 0 Å². The molecule has 3 unspecified atom stereocenters. The number of nitrogens with zero attached hydrogens (tertiary/aromatic N) is 1. The summed E-state index contributed by atoms with van der Waals surface area (Å²) in [6, 6.07) is -2.64. The van der Waals surface area contributed by atoms with E-state index in [1.54, 1.807) is 0 Å². The fourth-order valence-electron chi connectivity index (χ4n) is 2.90. The Hall–Kier alpha value is -1.81. The monoisotopic (exact) mass is 388 g/mol. The van der Waals surface area contributed by atoms with Gasteiger partial charge in [0, 0.05) is 12.3 Å². The lowest BCUT2D eigenvalue weighted by molar-refractivity contribution is -0.144. The number of hydrogen-bond acceptors (Lipinski definition) is 6. The Morgan fingerprint density at radius 2 is 1.88 bits per heavy atom. The minimum Gasteiger partial charge on any atom is -0.480 e. The standard InChI is InChI=1S/C16H28N4O5S/c1-9(2)6-10(18-13(21)7-17)15(23)20-5-3-4-12(20)14(22)19-11(8-26)16(24)25/h9-12,26H,3-8,17H2,1-2H3,(H,18,21)(H,19,22)(H,24,25). The van der Waals surface area contributed by atoms with Crippen molar-refractivity contribution < 1.29 is 24.3 Å². The summed E-state index contributed by atoms with van der Waals surface area (Å²) in [4.78, 5) is 49.5. The van der Waals surface area contributed by atoms with Gasteiger partial charge in [0.25, 0.3) is 0 Å². The number of hydrogen-bond donors (Lipinski definition) is 5. The number of carboxylic acid groups (broad SMARTS) is 1. The Bertz CT molecular complexity index is 543. The molecule has 0 aromatic heterocycles. The molecule has 1 saturated heterocycles. The predicted octanol–water partition coefficient (Wildman–Crippen LogP) is -1.03. The van der Waals surface area contributed by atoms with Gasteiger partial charge in [0.05, 0.1) is 6.54 Å². The maximum Gasteiger partial charge on any atom is 0.327 e. The summed E-state index contributed by atoms with van der Waals surface area (Å²) in [7, 11) is 0. The number of carboxylic acids is 1. The van der Waals surface area contributed by atoms with E-state index in [-0.39, 0.29) is 24.1 Å². The van der Waals surface area contributed by atoms with Crippen LogP contribution in [-0.2, 0) is 19.2 Å². The highest BCUT2D eigenvalue weighted by Crippen LogP contribution is 2.20. The SMILES string of the molecule is CC(C)CC(NC(=O)CN)C(=O)N1CCCC1C(=O)NC(CS)C(=O)O. The van der Waals surface area contributed by atoms with Crippen LogP contribution in [0.2, 0.25) is 0 Å². The van der Waals surface area contributed by atoms with Crippen LogP contribution >= 0.6 is 12.6 Å². The predicted molar refractivity (Wildman–Crippen MR) is 98.6 cm³/mol. The number of likely N-dealkylation sites (tertiary alicyclic amines) is 1. The van der Waals surface area contributed by atoms with Crippen LogP contribution in [0.15, 0.2) is 0 Å². The summed E-state index contributed by atoms with van der Waals surface area (Å²) in [5.41, 5.74) is 5.31. The van der Waals surface area contributed by atoms with Crippen molar-refractivity contribution >= 4 is 36.3 Å². The van der Waals surface area contributed by atoms with Gasteiger partial charge in [-0.25, -0.2) is 4.79 Å². The lowest BCUT2D eigenvalue weighted by atomic mass is 10.0. The van der Waals surface area contributed by atoms with E-state index in [1.165, 1.54) is 4.90 Å². The van der Waals surface area contributed by atoms with Gasteiger partial charge >= 0.3 is 5.97 Å². The zero-order valence-corrected chi connectivity index (χ0v) is 16.0. The third kappa shape index (κ3) is 6.17. The third-order valence-corrected chi connectivity index (χ3v) is 4.53. The molecule has 3 amide bonds. The van der Waals surface area contributed by atoms with Crippen molar-refractivity contribution in [2.75, 3.05) is 18.8 Å². The molecule has 1 aliphatic rings. The van der Waals surface area contributed by atoms with E-state index in [0.717, 1.165) is 0 Å². The molecule has 1 heterocycles. The Labute approximate surface area is 158 Å². The minimum atomic E-state index is -1.18. The molecular weight excluding hydrogens is 360 g/mol. The number of nitrogens with two attached hydrogens (primary N) is 1. The van der Waals surface area contributed by atoms with Crippen molar-refractivity contribution in [3.05, 3.63) is 0 Å². The normalized spacial score (nSPS) is 19.1. The molecule has 0 aromatic rings. The number of carbonyl (C=O) groups is 4. The quantitative estimate of drug-likeness (QED) is 0.320. The van der Waals surface area contributed by atoms with Gasteiger partial charge in [0.2, 0.25) is 17.7 Å². The second-order valence-electron chi connectivity index (χ2n) is 6.73. The van der Waals surface area contributed by atoms with E-state index in [2.05, 4.69) is 23.3 Å². The summed E-state index contributed by atoms with van der Waals surface area (Å²) in [5.74, 6) is -2.40. The number of nitrogens with one attached hydrogen (secondary N) is 2. The minimum absolute atomic E-state index is 0.0513. The largest absolute Gasteiger partial charge is 0.480 e. The fraction of sp³-hybridized carbons (Fsp3) is 0.750. The molecule has 10 heteroatoms. The Balaban J connectivity index is 2.88. The molecule has 3 atom stereocenters. The molecule has 9 nitrogen and oxygen atoms in total. The van der Waals surface area contributed by atoms with Gasteiger partial charge in [-0.2, -0.15) is 12.6 Å². The van der Waals surface area contributed by atoms with E-state index in [9.17, 15) is 19.2 Å². The van der Waals surface area contributed by atoms with Crippen molar-refractivity contribution in [3.8, 4) is 0 Å². The van der Waals surface area contributed by atoms with E-state index >= 15 is 0 Å². The molecule has 1 fully saturated rings. The molecule has 1 rings (SSSR count). The maximum absolute atomic E-state index is 12.9. The Morgan fingerprint density at radius 3 is 2.38 bits per heavy atom. The number of aliphatic carboxylic acids is 1. The summed E-state index contributed by atoms with van der Waals surface area (Å²) < 4.78 is 0. The summed E-state index contributed by atoms with van der Waals surface area (Å²) in [6.07, 6.45) is 1.49. The van der Waals surface area contributed by atoms with E-state index in [0.29, 0.717) is 25.8 Å². The molecule has 1 aliphatic heterocycles. The van der Waals surface area contributed by atoms with Crippen LogP contribution in [0.3, 0.4) is 0 Å². The lowest BCUT2D eigenvalue weighted by Crippen LogP contribution is -2.56. The number of thiol groups is 1. The highest BCUT2D eigenvalue weighted by atomic mass is 32.1. The van der Waals surface area contributed by atoms with Gasteiger partial charge in [-0.1, -0.05) is 13.8 Å². The zero-order valence-electron chi connectivity index (χ0n) is 15.1. The number of carbonyl (C=O) groups excluding carboxylic acids is 3. The Morgan fingerprint density at radius 1 is 1.23 bits per heavy atom. The van der Waals surface area contributed by atoms with Gasteiger partial charge in [0.1, 0.15) is 18.1 Å². The molecule has 5 N–H and O–H groups in total. The first kappa shape index (κ1) is 22.2. The first-order chi connectivity index (χ1) is 12.2. The van der Waals surface area contributed by atoms with Gasteiger partial charge in [-0.05, 0) is 25.2 Å². The van der Waals surface area contributed by atoms with Gasteiger partial charge in [-0.3, -0.25) is 14.4 Å². The van der Waals surface area contributed by atoms with E-state index in [1.807, 2.05) is 13.8 Å². The van der Waals surface area contributed by atoms with E-state index in [4.69, 9.17) is 10.8 Å². The van der Waals surface area contributed by atoms with E-state index < -0.39 is 35.9 Å². The average molecular weight is 388 g/mol. The third-order valence-electron chi connectivity index (χ3n) is 4.16. The lowest BCUT2D eigenvalue weighted by Gasteiger charge is -2.30. The second kappa shape index (κ2) is 10.4. The topological polar surface area (TPSA) is 142 Å². The second-order valence-corrected chi connectivity index (χ2v) is 7.09. The molecule has 0 bridgehead atoms. The van der Waals surface area contributed by atoms with Crippen LogP contribution in [0.5, 0.6) is 0 Å². The van der Waals surface area contributed by atoms with Crippen LogP contribution in [0.4, 0.5) is 0 Å². The van der Waals surface area contributed by atoms with Crippen LogP contribution in [0.25, 0.3) is 0 Å². The molecule has 26 heavy (non-hydrogen) atoms. The van der Waals surface area contributed by atoms with Gasteiger partial charge in [-0.15, -0.1) is 0 Å². The van der Waals surface area contributed by atoms with Crippen molar-refractivity contribution in [2.45, 2.75) is 51.2 Å². The highest BCUT2D eigenvalue weighted by Gasteiger charge is 2.38.